The lowest BCUT2D eigenvalue weighted by Crippen LogP contribution is -2.44. The van der Waals surface area contributed by atoms with Gasteiger partial charge in [0.15, 0.2) is 9.84 Å². The number of hydrogen-bond donors (Lipinski definition) is 2. The molecular formula is C15H22N2O3S. The summed E-state index contributed by atoms with van der Waals surface area (Å²) in [7, 11) is -3.38. The predicted octanol–water partition coefficient (Wildman–Crippen LogP) is 1.94. The number of para-hydroxylation sites is 1. The molecule has 21 heavy (non-hydrogen) atoms. The molecule has 0 bridgehead atoms. The van der Waals surface area contributed by atoms with Crippen LogP contribution in [-0.4, -0.2) is 26.1 Å². The van der Waals surface area contributed by atoms with Gasteiger partial charge in [0, 0.05) is 6.04 Å². The van der Waals surface area contributed by atoms with Crippen LogP contribution in [0.3, 0.4) is 0 Å². The third-order valence-electron chi connectivity index (χ3n) is 4.40. The van der Waals surface area contributed by atoms with Crippen molar-refractivity contribution in [3.63, 3.8) is 0 Å². The highest BCUT2D eigenvalue weighted by Gasteiger charge is 2.43. The van der Waals surface area contributed by atoms with E-state index in [0.717, 1.165) is 19.3 Å². The number of anilines is 1. The highest BCUT2D eigenvalue weighted by Crippen LogP contribution is 2.38. The molecule has 1 aromatic rings. The van der Waals surface area contributed by atoms with Crippen LogP contribution in [0.15, 0.2) is 29.2 Å². The van der Waals surface area contributed by atoms with Crippen LogP contribution < -0.4 is 11.1 Å². The zero-order valence-corrected chi connectivity index (χ0v) is 13.2. The summed E-state index contributed by atoms with van der Waals surface area (Å²) in [5, 5.41) is 2.77. The molecule has 2 rings (SSSR count). The van der Waals surface area contributed by atoms with Gasteiger partial charge in [0.1, 0.15) is 0 Å². The molecule has 2 unspecified atom stereocenters. The lowest BCUT2D eigenvalue weighted by Gasteiger charge is -2.28. The monoisotopic (exact) mass is 310 g/mol. The SMILES string of the molecule is CCS(=O)(=O)c1ccccc1NC(=O)C1(C)CCCC1N. The minimum Gasteiger partial charge on any atom is -0.327 e. The van der Waals surface area contributed by atoms with Gasteiger partial charge in [0.05, 0.1) is 21.8 Å². The molecule has 3 N–H and O–H groups in total. The first kappa shape index (κ1) is 16.0. The second-order valence-corrected chi connectivity index (χ2v) is 8.02. The van der Waals surface area contributed by atoms with Crippen molar-refractivity contribution in [2.24, 2.45) is 11.1 Å². The Morgan fingerprint density at radius 1 is 1.43 bits per heavy atom. The number of rotatable bonds is 4. The number of carbonyl (C=O) groups excluding carboxylic acids is 1. The summed E-state index contributed by atoms with van der Waals surface area (Å²) in [5.41, 5.74) is 5.74. The van der Waals surface area contributed by atoms with Gasteiger partial charge in [0.2, 0.25) is 5.91 Å². The van der Waals surface area contributed by atoms with Gasteiger partial charge in [-0.3, -0.25) is 4.79 Å². The molecule has 0 heterocycles. The Morgan fingerprint density at radius 2 is 2.10 bits per heavy atom. The lowest BCUT2D eigenvalue weighted by molar-refractivity contribution is -0.125. The molecule has 1 fully saturated rings. The number of benzene rings is 1. The van der Waals surface area contributed by atoms with Crippen LogP contribution in [0.5, 0.6) is 0 Å². The van der Waals surface area contributed by atoms with Crippen molar-refractivity contribution < 1.29 is 13.2 Å². The first-order chi connectivity index (χ1) is 9.81. The number of nitrogens with two attached hydrogens (primary N) is 1. The average Bonchev–Trinajstić information content (AvgIpc) is 2.80. The fourth-order valence-electron chi connectivity index (χ4n) is 2.74. The quantitative estimate of drug-likeness (QED) is 0.889. The molecule has 0 spiro atoms. The zero-order chi connectivity index (χ0) is 15.7. The summed E-state index contributed by atoms with van der Waals surface area (Å²) >= 11 is 0. The summed E-state index contributed by atoms with van der Waals surface area (Å²) in [6.07, 6.45) is 2.46. The van der Waals surface area contributed by atoms with E-state index in [-0.39, 0.29) is 22.6 Å². The Morgan fingerprint density at radius 3 is 2.67 bits per heavy atom. The third-order valence-corrected chi connectivity index (χ3v) is 6.18. The summed E-state index contributed by atoms with van der Waals surface area (Å²) in [6, 6.07) is 6.31. The first-order valence-corrected chi connectivity index (χ1v) is 8.85. The average molecular weight is 310 g/mol. The van der Waals surface area contributed by atoms with Crippen LogP contribution in [0, 0.1) is 5.41 Å². The zero-order valence-electron chi connectivity index (χ0n) is 12.4. The van der Waals surface area contributed by atoms with E-state index in [2.05, 4.69) is 5.32 Å². The Balaban J connectivity index is 2.31. The Labute approximate surface area is 125 Å². The number of amides is 1. The first-order valence-electron chi connectivity index (χ1n) is 7.20. The third kappa shape index (κ3) is 2.96. The largest absolute Gasteiger partial charge is 0.327 e. The summed E-state index contributed by atoms with van der Waals surface area (Å²) in [5.74, 6) is -0.206. The predicted molar refractivity (Wildman–Crippen MR) is 82.7 cm³/mol. The molecule has 2 atom stereocenters. The molecule has 0 saturated heterocycles. The van der Waals surface area contributed by atoms with E-state index in [4.69, 9.17) is 5.73 Å². The minimum absolute atomic E-state index is 0.00331. The van der Waals surface area contributed by atoms with Crippen LogP contribution in [-0.2, 0) is 14.6 Å². The molecule has 1 saturated carbocycles. The van der Waals surface area contributed by atoms with Crippen LogP contribution in [0.25, 0.3) is 0 Å². The molecular weight excluding hydrogens is 288 g/mol. The normalized spacial score (nSPS) is 25.8. The summed E-state index contributed by atoms with van der Waals surface area (Å²) < 4.78 is 24.2. The van der Waals surface area contributed by atoms with E-state index >= 15 is 0 Å². The minimum atomic E-state index is -3.38. The molecule has 1 amide bonds. The van der Waals surface area contributed by atoms with Gasteiger partial charge in [-0.25, -0.2) is 8.42 Å². The van der Waals surface area contributed by atoms with Gasteiger partial charge in [-0.15, -0.1) is 0 Å². The molecule has 0 aromatic heterocycles. The van der Waals surface area contributed by atoms with Crippen LogP contribution in [0.4, 0.5) is 5.69 Å². The molecule has 1 aliphatic rings. The maximum Gasteiger partial charge on any atom is 0.231 e. The summed E-state index contributed by atoms with van der Waals surface area (Å²) in [4.78, 5) is 12.7. The van der Waals surface area contributed by atoms with Crippen molar-refractivity contribution in [2.75, 3.05) is 11.1 Å². The molecule has 1 aromatic carbocycles. The van der Waals surface area contributed by atoms with Crippen LogP contribution in [0.1, 0.15) is 33.1 Å². The second kappa shape index (κ2) is 5.77. The standard InChI is InChI=1S/C15H22N2O3S/c1-3-21(19,20)12-8-5-4-7-11(12)17-14(18)15(2)10-6-9-13(15)16/h4-5,7-8,13H,3,6,9-10,16H2,1-2H3,(H,17,18). The molecule has 5 nitrogen and oxygen atoms in total. The van der Waals surface area contributed by atoms with Crippen molar-refractivity contribution in [1.82, 2.24) is 0 Å². The van der Waals surface area contributed by atoms with Gasteiger partial charge in [0.25, 0.3) is 0 Å². The summed E-state index contributed by atoms with van der Waals surface area (Å²) in [6.45, 7) is 3.43. The molecule has 116 valence electrons. The maximum atomic E-state index is 12.5. The van der Waals surface area contributed by atoms with E-state index in [1.165, 1.54) is 6.07 Å². The van der Waals surface area contributed by atoms with E-state index < -0.39 is 15.3 Å². The van der Waals surface area contributed by atoms with Crippen LogP contribution >= 0.6 is 0 Å². The van der Waals surface area contributed by atoms with E-state index in [0.29, 0.717) is 5.69 Å². The fraction of sp³-hybridized carbons (Fsp3) is 0.533. The van der Waals surface area contributed by atoms with Gasteiger partial charge in [-0.05, 0) is 31.9 Å². The van der Waals surface area contributed by atoms with E-state index in [1.54, 1.807) is 25.1 Å². The van der Waals surface area contributed by atoms with Crippen LogP contribution in [0.2, 0.25) is 0 Å². The van der Waals surface area contributed by atoms with Crippen molar-refractivity contribution in [3.05, 3.63) is 24.3 Å². The molecule has 0 aliphatic heterocycles. The van der Waals surface area contributed by atoms with Gasteiger partial charge >= 0.3 is 0 Å². The Bertz CT molecular complexity index is 642. The van der Waals surface area contributed by atoms with Gasteiger partial charge < -0.3 is 11.1 Å². The van der Waals surface area contributed by atoms with Crippen molar-refractivity contribution in [3.8, 4) is 0 Å². The smallest absolute Gasteiger partial charge is 0.231 e. The highest BCUT2D eigenvalue weighted by atomic mass is 32.2. The molecule has 0 radical (unpaired) electrons. The lowest BCUT2D eigenvalue weighted by atomic mass is 9.84. The topological polar surface area (TPSA) is 89.3 Å². The van der Waals surface area contributed by atoms with E-state index in [1.807, 2.05) is 6.92 Å². The number of hydrogen-bond acceptors (Lipinski definition) is 4. The number of sulfone groups is 1. The number of carbonyl (C=O) groups is 1. The maximum absolute atomic E-state index is 12.5. The van der Waals surface area contributed by atoms with Crippen molar-refractivity contribution in [2.45, 2.75) is 44.0 Å². The van der Waals surface area contributed by atoms with Gasteiger partial charge in [-0.2, -0.15) is 0 Å². The second-order valence-electron chi connectivity index (χ2n) is 5.77. The van der Waals surface area contributed by atoms with E-state index in [9.17, 15) is 13.2 Å². The van der Waals surface area contributed by atoms with Crippen molar-refractivity contribution >= 4 is 21.4 Å². The molecule has 1 aliphatic carbocycles. The number of nitrogens with one attached hydrogen (secondary N) is 1. The Hall–Kier alpha value is -1.40. The fourth-order valence-corrected chi connectivity index (χ4v) is 3.79. The van der Waals surface area contributed by atoms with Crippen molar-refractivity contribution in [1.29, 1.82) is 0 Å². The highest BCUT2D eigenvalue weighted by molar-refractivity contribution is 7.91. The Kier molecular flexibility index (Phi) is 4.39. The van der Waals surface area contributed by atoms with Gasteiger partial charge in [-0.1, -0.05) is 25.5 Å². The molecule has 6 heteroatoms.